The van der Waals surface area contributed by atoms with Crippen LogP contribution >= 0.6 is 0 Å². The van der Waals surface area contributed by atoms with Crippen LogP contribution in [0.15, 0.2) is 64.0 Å². The van der Waals surface area contributed by atoms with Crippen molar-refractivity contribution in [2.24, 2.45) is 0 Å². The molecule has 0 radical (unpaired) electrons. The van der Waals surface area contributed by atoms with Gasteiger partial charge in [0.1, 0.15) is 5.82 Å². The molecule has 0 aliphatic heterocycles. The van der Waals surface area contributed by atoms with Crippen molar-refractivity contribution >= 4 is 32.7 Å². The molecule has 0 atom stereocenters. The molecule has 0 bridgehead atoms. The van der Waals surface area contributed by atoms with Crippen molar-refractivity contribution in [2.75, 3.05) is 5.32 Å². The first-order valence-electron chi connectivity index (χ1n) is 10.4. The van der Waals surface area contributed by atoms with E-state index in [4.69, 9.17) is 4.52 Å². The van der Waals surface area contributed by atoms with Gasteiger partial charge in [0.05, 0.1) is 27.2 Å². The number of anilines is 1. The molecule has 34 heavy (non-hydrogen) atoms. The van der Waals surface area contributed by atoms with Gasteiger partial charge in [-0.1, -0.05) is 11.2 Å². The molecule has 0 saturated carbocycles. The molecule has 0 aliphatic carbocycles. The summed E-state index contributed by atoms with van der Waals surface area (Å²) in [6, 6.07) is 13.2. The standard InChI is InChI=1S/C24H23FN4O4S/c1-14-21-19(13-20(27-23(21)33-28-14)15-8-10-16(25)11-9-15)22(30)26-17-6-5-7-18(12-17)34(31,32)29-24(2,3)4/h5-13,29H,1-4H3,(H,26,30). The first kappa shape index (κ1) is 23.5. The van der Waals surface area contributed by atoms with E-state index in [1.807, 2.05) is 0 Å². The Hall–Kier alpha value is -3.63. The number of nitrogens with one attached hydrogen (secondary N) is 2. The Morgan fingerprint density at radius 3 is 2.44 bits per heavy atom. The smallest absolute Gasteiger partial charge is 0.259 e. The second-order valence-electron chi connectivity index (χ2n) is 8.85. The molecule has 0 unspecified atom stereocenters. The van der Waals surface area contributed by atoms with E-state index >= 15 is 0 Å². The molecule has 10 heteroatoms. The minimum Gasteiger partial charge on any atom is -0.335 e. The van der Waals surface area contributed by atoms with Gasteiger partial charge in [0.2, 0.25) is 10.0 Å². The van der Waals surface area contributed by atoms with Gasteiger partial charge in [-0.15, -0.1) is 0 Å². The number of aryl methyl sites for hydroxylation is 1. The Morgan fingerprint density at radius 1 is 1.06 bits per heavy atom. The second-order valence-corrected chi connectivity index (χ2v) is 10.5. The van der Waals surface area contributed by atoms with Crippen LogP contribution in [0.2, 0.25) is 0 Å². The summed E-state index contributed by atoms with van der Waals surface area (Å²) in [5, 5.41) is 7.08. The maximum Gasteiger partial charge on any atom is 0.259 e. The third kappa shape index (κ3) is 4.97. The lowest BCUT2D eigenvalue weighted by atomic mass is 10.0. The van der Waals surface area contributed by atoms with Crippen molar-refractivity contribution in [3.8, 4) is 11.3 Å². The van der Waals surface area contributed by atoms with Gasteiger partial charge >= 0.3 is 0 Å². The van der Waals surface area contributed by atoms with Crippen LogP contribution in [0.1, 0.15) is 36.8 Å². The van der Waals surface area contributed by atoms with Crippen LogP contribution in [-0.4, -0.2) is 30.0 Å². The lowest BCUT2D eigenvalue weighted by Gasteiger charge is -2.20. The molecule has 2 heterocycles. The number of carbonyl (C=O) groups excluding carboxylic acids is 1. The van der Waals surface area contributed by atoms with E-state index < -0.39 is 27.3 Å². The highest BCUT2D eigenvalue weighted by Gasteiger charge is 2.23. The van der Waals surface area contributed by atoms with Crippen molar-refractivity contribution < 1.29 is 22.1 Å². The summed E-state index contributed by atoms with van der Waals surface area (Å²) in [6.45, 7) is 6.91. The molecule has 176 valence electrons. The van der Waals surface area contributed by atoms with Crippen LogP contribution in [0.5, 0.6) is 0 Å². The number of fused-ring (bicyclic) bond motifs is 1. The van der Waals surface area contributed by atoms with Gasteiger partial charge in [-0.2, -0.15) is 0 Å². The molecular weight excluding hydrogens is 459 g/mol. The Morgan fingerprint density at radius 2 is 1.76 bits per heavy atom. The molecule has 2 N–H and O–H groups in total. The third-order valence-corrected chi connectivity index (χ3v) is 6.60. The van der Waals surface area contributed by atoms with Gasteiger partial charge in [0.15, 0.2) is 0 Å². The highest BCUT2D eigenvalue weighted by atomic mass is 32.2. The molecule has 0 spiro atoms. The van der Waals surface area contributed by atoms with Crippen molar-refractivity contribution in [1.29, 1.82) is 0 Å². The molecule has 4 rings (SSSR count). The van der Waals surface area contributed by atoms with Crippen LogP contribution in [0.25, 0.3) is 22.4 Å². The fraction of sp³-hybridized carbons (Fsp3) is 0.208. The highest BCUT2D eigenvalue weighted by molar-refractivity contribution is 7.89. The summed E-state index contributed by atoms with van der Waals surface area (Å²) in [5.41, 5.74) is 1.50. The van der Waals surface area contributed by atoms with Crippen LogP contribution in [0.3, 0.4) is 0 Å². The first-order chi connectivity index (χ1) is 15.9. The summed E-state index contributed by atoms with van der Waals surface area (Å²) >= 11 is 0. The monoisotopic (exact) mass is 482 g/mol. The van der Waals surface area contributed by atoms with Gasteiger partial charge in [-0.05, 0) is 76.2 Å². The zero-order valence-corrected chi connectivity index (χ0v) is 19.8. The maximum absolute atomic E-state index is 13.4. The van der Waals surface area contributed by atoms with Gasteiger partial charge in [-0.3, -0.25) is 4.79 Å². The van der Waals surface area contributed by atoms with Crippen molar-refractivity contribution in [1.82, 2.24) is 14.9 Å². The van der Waals surface area contributed by atoms with Gasteiger partial charge in [-0.25, -0.2) is 22.5 Å². The summed E-state index contributed by atoms with van der Waals surface area (Å²) < 4.78 is 46.6. The van der Waals surface area contributed by atoms with E-state index in [9.17, 15) is 17.6 Å². The van der Waals surface area contributed by atoms with Crippen LogP contribution in [0.4, 0.5) is 10.1 Å². The lowest BCUT2D eigenvalue weighted by molar-refractivity contribution is 0.102. The second kappa shape index (κ2) is 8.62. The van der Waals surface area contributed by atoms with E-state index in [0.29, 0.717) is 28.0 Å². The zero-order chi connectivity index (χ0) is 24.7. The number of sulfonamides is 1. The number of amides is 1. The van der Waals surface area contributed by atoms with Gasteiger partial charge < -0.3 is 9.84 Å². The van der Waals surface area contributed by atoms with Crippen LogP contribution in [-0.2, 0) is 10.0 Å². The SMILES string of the molecule is Cc1noc2nc(-c3ccc(F)cc3)cc(C(=O)Nc3cccc(S(=O)(=O)NC(C)(C)C)c3)c12. The molecule has 4 aromatic rings. The number of hydrogen-bond acceptors (Lipinski definition) is 6. The van der Waals surface area contributed by atoms with Crippen molar-refractivity contribution in [3.05, 3.63) is 71.7 Å². The lowest BCUT2D eigenvalue weighted by Crippen LogP contribution is -2.40. The average Bonchev–Trinajstić information content (AvgIpc) is 3.13. The maximum atomic E-state index is 13.4. The number of benzene rings is 2. The number of halogens is 1. The zero-order valence-electron chi connectivity index (χ0n) is 19.0. The van der Waals surface area contributed by atoms with Crippen LogP contribution in [0, 0.1) is 12.7 Å². The summed E-state index contributed by atoms with van der Waals surface area (Å²) in [4.78, 5) is 17.7. The van der Waals surface area contributed by atoms with Crippen molar-refractivity contribution in [2.45, 2.75) is 38.1 Å². The Balaban J connectivity index is 1.71. The number of hydrogen-bond donors (Lipinski definition) is 2. The third-order valence-electron chi connectivity index (χ3n) is 4.84. The van der Waals surface area contributed by atoms with Gasteiger partial charge in [0.25, 0.3) is 11.6 Å². The Bertz CT molecular complexity index is 1490. The number of aromatic nitrogens is 2. The quantitative estimate of drug-likeness (QED) is 0.427. The topological polar surface area (TPSA) is 114 Å². The predicted molar refractivity (Wildman–Crippen MR) is 126 cm³/mol. The Kier molecular flexibility index (Phi) is 5.96. The number of nitrogens with zero attached hydrogens (tertiary/aromatic N) is 2. The molecule has 2 aromatic heterocycles. The predicted octanol–water partition coefficient (Wildman–Crippen LogP) is 4.67. The molecule has 1 amide bonds. The van der Waals surface area contributed by atoms with E-state index in [0.717, 1.165) is 0 Å². The largest absolute Gasteiger partial charge is 0.335 e. The van der Waals surface area contributed by atoms with Crippen LogP contribution < -0.4 is 10.0 Å². The molecule has 8 nitrogen and oxygen atoms in total. The summed E-state index contributed by atoms with van der Waals surface area (Å²) in [5.74, 6) is -0.894. The molecule has 2 aromatic carbocycles. The minimum absolute atomic E-state index is 0.0215. The first-order valence-corrected chi connectivity index (χ1v) is 11.9. The van der Waals surface area contributed by atoms with E-state index in [2.05, 4.69) is 20.2 Å². The molecule has 0 aliphatic rings. The van der Waals surface area contributed by atoms with E-state index in [-0.39, 0.29) is 16.2 Å². The summed E-state index contributed by atoms with van der Waals surface area (Å²) in [6.07, 6.45) is 0. The number of rotatable bonds is 5. The van der Waals surface area contributed by atoms with E-state index in [1.54, 1.807) is 58.0 Å². The highest BCUT2D eigenvalue weighted by Crippen LogP contribution is 2.28. The fourth-order valence-corrected chi connectivity index (χ4v) is 4.91. The average molecular weight is 483 g/mol. The molecule has 0 saturated heterocycles. The van der Waals surface area contributed by atoms with E-state index in [1.165, 1.54) is 24.3 Å². The molecule has 0 fully saturated rings. The van der Waals surface area contributed by atoms with Crippen molar-refractivity contribution in [3.63, 3.8) is 0 Å². The normalized spacial score (nSPS) is 12.1. The fourth-order valence-electron chi connectivity index (χ4n) is 3.44. The number of pyridine rings is 1. The molecular formula is C24H23FN4O4S. The minimum atomic E-state index is -3.79. The Labute approximate surface area is 196 Å². The van der Waals surface area contributed by atoms with Gasteiger partial charge in [0, 0.05) is 16.8 Å². The number of carbonyl (C=O) groups is 1. The summed E-state index contributed by atoms with van der Waals surface area (Å²) in [7, 11) is -3.79.